The molecule has 136 valence electrons. The molecule has 5 N–H and O–H groups in total. The van der Waals surface area contributed by atoms with Crippen molar-refractivity contribution in [2.75, 3.05) is 13.2 Å². The molecule has 1 saturated carbocycles. The van der Waals surface area contributed by atoms with E-state index in [1.807, 2.05) is 0 Å². The zero-order chi connectivity index (χ0) is 17.4. The lowest BCUT2D eigenvalue weighted by Crippen LogP contribution is -2.60. The van der Waals surface area contributed by atoms with Crippen molar-refractivity contribution >= 4 is 5.78 Å². The summed E-state index contributed by atoms with van der Waals surface area (Å²) in [5.74, 6) is -1.34. The molecule has 0 bridgehead atoms. The average molecular weight is 346 g/mol. The summed E-state index contributed by atoms with van der Waals surface area (Å²) in [5, 5.41) is 48.3. The second-order valence-corrected chi connectivity index (χ2v) is 6.37. The Morgan fingerprint density at radius 1 is 1.08 bits per heavy atom. The molecule has 9 nitrogen and oxygen atoms in total. The molecule has 0 aromatic rings. The number of ketones is 1. The van der Waals surface area contributed by atoms with Crippen LogP contribution < -0.4 is 0 Å². The zero-order valence-corrected chi connectivity index (χ0v) is 12.8. The molecule has 1 saturated heterocycles. The largest absolute Gasteiger partial charge is 0.472 e. The van der Waals surface area contributed by atoms with Gasteiger partial charge in [0.2, 0.25) is 6.29 Å². The lowest BCUT2D eigenvalue weighted by atomic mass is 9.87. The first kappa shape index (κ1) is 17.7. The Morgan fingerprint density at radius 2 is 1.83 bits per heavy atom. The van der Waals surface area contributed by atoms with E-state index >= 15 is 0 Å². The fourth-order valence-electron chi connectivity index (χ4n) is 3.59. The standard InChI is InChI=1S/C15H22O9/c16-4-7-8(18)3-6-1-2-22-14(10(6)7)24-15-13(21)12(20)11(19)9(5-17)23-15/h1-2,6-7,9-17,19-21H,3-5H2. The number of aliphatic hydroxyl groups excluding tert-OH is 5. The number of rotatable bonds is 4. The minimum Gasteiger partial charge on any atom is -0.472 e. The van der Waals surface area contributed by atoms with Gasteiger partial charge in [-0.2, -0.15) is 0 Å². The first-order valence-electron chi connectivity index (χ1n) is 7.89. The second kappa shape index (κ2) is 7.04. The molecule has 0 aromatic carbocycles. The number of allylic oxidation sites excluding steroid dienone is 1. The third-order valence-corrected chi connectivity index (χ3v) is 4.98. The zero-order valence-electron chi connectivity index (χ0n) is 12.8. The summed E-state index contributed by atoms with van der Waals surface area (Å²) < 4.78 is 16.3. The fourth-order valence-corrected chi connectivity index (χ4v) is 3.59. The van der Waals surface area contributed by atoms with Gasteiger partial charge in [-0.05, 0) is 12.0 Å². The first-order chi connectivity index (χ1) is 11.5. The maximum absolute atomic E-state index is 12.0. The Kier molecular flexibility index (Phi) is 5.21. The van der Waals surface area contributed by atoms with Crippen LogP contribution in [0.1, 0.15) is 6.42 Å². The van der Waals surface area contributed by atoms with Gasteiger partial charge in [-0.3, -0.25) is 4.79 Å². The Bertz CT molecular complexity index is 493. The fraction of sp³-hybridized carbons (Fsp3) is 0.800. The number of Topliss-reactive ketones (excluding diaryl/α,β-unsaturated/α-hetero) is 1. The molecule has 9 unspecified atom stereocenters. The predicted molar refractivity (Wildman–Crippen MR) is 76.0 cm³/mol. The third-order valence-electron chi connectivity index (χ3n) is 4.98. The monoisotopic (exact) mass is 346 g/mol. The third kappa shape index (κ3) is 2.97. The van der Waals surface area contributed by atoms with Crippen molar-refractivity contribution in [1.82, 2.24) is 0 Å². The van der Waals surface area contributed by atoms with Gasteiger partial charge in [0.25, 0.3) is 0 Å². The molecule has 1 aliphatic carbocycles. The van der Waals surface area contributed by atoms with Crippen LogP contribution in [-0.2, 0) is 19.0 Å². The summed E-state index contributed by atoms with van der Waals surface area (Å²) in [6, 6.07) is 0. The quantitative estimate of drug-likeness (QED) is 0.372. The summed E-state index contributed by atoms with van der Waals surface area (Å²) in [4.78, 5) is 12.0. The number of carbonyl (C=O) groups is 1. The maximum Gasteiger partial charge on any atom is 0.205 e. The van der Waals surface area contributed by atoms with Gasteiger partial charge in [-0.1, -0.05) is 0 Å². The van der Waals surface area contributed by atoms with Gasteiger partial charge >= 0.3 is 0 Å². The van der Waals surface area contributed by atoms with Crippen LogP contribution >= 0.6 is 0 Å². The predicted octanol–water partition coefficient (Wildman–Crippen LogP) is -2.51. The summed E-state index contributed by atoms with van der Waals surface area (Å²) in [7, 11) is 0. The summed E-state index contributed by atoms with van der Waals surface area (Å²) in [6.07, 6.45) is -4.63. The topological polar surface area (TPSA) is 146 Å². The first-order valence-corrected chi connectivity index (χ1v) is 7.89. The van der Waals surface area contributed by atoms with Gasteiger partial charge in [-0.15, -0.1) is 0 Å². The van der Waals surface area contributed by atoms with E-state index in [9.17, 15) is 30.3 Å². The van der Waals surface area contributed by atoms with E-state index in [4.69, 9.17) is 14.2 Å². The van der Waals surface area contributed by atoms with Gasteiger partial charge in [-0.25, -0.2) is 0 Å². The van der Waals surface area contributed by atoms with E-state index in [0.717, 1.165) is 0 Å². The Balaban J connectivity index is 1.74. The molecule has 9 atom stereocenters. The van der Waals surface area contributed by atoms with Crippen molar-refractivity contribution in [3.05, 3.63) is 12.3 Å². The summed E-state index contributed by atoms with van der Waals surface area (Å²) >= 11 is 0. The Morgan fingerprint density at radius 3 is 2.50 bits per heavy atom. The van der Waals surface area contributed by atoms with Crippen LogP contribution in [0.3, 0.4) is 0 Å². The molecule has 2 aliphatic heterocycles. The normalized spacial score (nSPS) is 48.2. The summed E-state index contributed by atoms with van der Waals surface area (Å²) in [5.41, 5.74) is 0. The van der Waals surface area contributed by atoms with Crippen molar-refractivity contribution in [1.29, 1.82) is 0 Å². The van der Waals surface area contributed by atoms with Crippen LogP contribution in [-0.4, -0.2) is 81.5 Å². The van der Waals surface area contributed by atoms with Crippen LogP contribution in [0.5, 0.6) is 0 Å². The molecule has 0 amide bonds. The van der Waals surface area contributed by atoms with Gasteiger partial charge < -0.3 is 39.7 Å². The van der Waals surface area contributed by atoms with Crippen molar-refractivity contribution < 1.29 is 44.5 Å². The highest BCUT2D eigenvalue weighted by Crippen LogP contribution is 2.42. The highest BCUT2D eigenvalue weighted by Gasteiger charge is 2.51. The van der Waals surface area contributed by atoms with Crippen molar-refractivity contribution in [2.24, 2.45) is 17.8 Å². The van der Waals surface area contributed by atoms with E-state index < -0.39 is 55.4 Å². The van der Waals surface area contributed by atoms with E-state index in [0.29, 0.717) is 0 Å². The maximum atomic E-state index is 12.0. The molecule has 24 heavy (non-hydrogen) atoms. The minimum atomic E-state index is -1.56. The van der Waals surface area contributed by atoms with Crippen LogP contribution in [0, 0.1) is 17.8 Å². The molecule has 2 fully saturated rings. The molecular weight excluding hydrogens is 324 g/mol. The number of fused-ring (bicyclic) bond motifs is 1. The SMILES string of the molecule is O=C1CC2C=COC(OC3OC(CO)C(O)C(O)C3O)C2C1CO. The van der Waals surface area contributed by atoms with Crippen LogP contribution in [0.2, 0.25) is 0 Å². The van der Waals surface area contributed by atoms with E-state index in [-0.39, 0.29) is 24.7 Å². The van der Waals surface area contributed by atoms with E-state index in [2.05, 4.69) is 0 Å². The lowest BCUT2D eigenvalue weighted by Gasteiger charge is -2.42. The molecule has 3 rings (SSSR count). The minimum absolute atomic E-state index is 0.0925. The molecule has 0 spiro atoms. The Labute approximate surface area is 138 Å². The molecule has 0 radical (unpaired) electrons. The number of hydrogen-bond acceptors (Lipinski definition) is 9. The van der Waals surface area contributed by atoms with Crippen LogP contribution in [0.15, 0.2) is 12.3 Å². The molecule has 2 heterocycles. The Hall–Kier alpha value is -1.07. The van der Waals surface area contributed by atoms with Gasteiger partial charge in [0.1, 0.15) is 30.2 Å². The van der Waals surface area contributed by atoms with Gasteiger partial charge in [0.05, 0.1) is 25.4 Å². The number of carbonyl (C=O) groups excluding carboxylic acids is 1. The average Bonchev–Trinajstić information content (AvgIpc) is 2.91. The molecular formula is C15H22O9. The van der Waals surface area contributed by atoms with Gasteiger partial charge in [0, 0.05) is 12.3 Å². The van der Waals surface area contributed by atoms with E-state index in [1.54, 1.807) is 6.08 Å². The highest BCUT2D eigenvalue weighted by atomic mass is 16.8. The highest BCUT2D eigenvalue weighted by molar-refractivity contribution is 5.84. The number of ether oxygens (including phenoxy) is 3. The molecule has 9 heteroatoms. The van der Waals surface area contributed by atoms with Crippen molar-refractivity contribution in [3.63, 3.8) is 0 Å². The summed E-state index contributed by atoms with van der Waals surface area (Å²) in [6.45, 7) is -0.911. The molecule has 3 aliphatic rings. The van der Waals surface area contributed by atoms with Gasteiger partial charge in [0.15, 0.2) is 6.29 Å². The smallest absolute Gasteiger partial charge is 0.205 e. The second-order valence-electron chi connectivity index (χ2n) is 6.37. The molecule has 0 aromatic heterocycles. The van der Waals surface area contributed by atoms with Crippen molar-refractivity contribution in [3.8, 4) is 0 Å². The van der Waals surface area contributed by atoms with E-state index in [1.165, 1.54) is 6.26 Å². The number of hydrogen-bond donors (Lipinski definition) is 5. The van der Waals surface area contributed by atoms with Crippen LogP contribution in [0.25, 0.3) is 0 Å². The van der Waals surface area contributed by atoms with Crippen molar-refractivity contribution in [2.45, 2.75) is 43.4 Å². The van der Waals surface area contributed by atoms with Crippen LogP contribution in [0.4, 0.5) is 0 Å². The number of aliphatic hydroxyl groups is 5. The lowest BCUT2D eigenvalue weighted by molar-refractivity contribution is -0.342.